The van der Waals surface area contributed by atoms with E-state index in [1.54, 1.807) is 6.92 Å². The number of piperidine rings is 1. The zero-order valence-electron chi connectivity index (χ0n) is 18.3. The van der Waals surface area contributed by atoms with Crippen LogP contribution < -0.4 is 4.90 Å². The van der Waals surface area contributed by atoms with Crippen LogP contribution in [-0.2, 0) is 16.1 Å². The zero-order chi connectivity index (χ0) is 20.7. The van der Waals surface area contributed by atoms with Crippen LogP contribution in [0, 0.1) is 11.8 Å². The van der Waals surface area contributed by atoms with Crippen LogP contribution >= 0.6 is 0 Å². The smallest absolute Gasteiger partial charge is 0.226 e. The van der Waals surface area contributed by atoms with Gasteiger partial charge in [-0.3, -0.25) is 14.5 Å². The van der Waals surface area contributed by atoms with E-state index in [0.29, 0.717) is 24.5 Å². The topological polar surface area (TPSA) is 43.9 Å². The molecule has 5 heteroatoms. The first-order valence-electron chi connectivity index (χ1n) is 12.0. The second-order valence-corrected chi connectivity index (χ2v) is 9.96. The molecule has 0 spiro atoms. The molecule has 2 bridgehead atoms. The van der Waals surface area contributed by atoms with Crippen LogP contribution in [0.2, 0.25) is 0 Å². The molecule has 2 heterocycles. The molecule has 2 unspecified atom stereocenters. The molecule has 162 valence electrons. The summed E-state index contributed by atoms with van der Waals surface area (Å²) < 4.78 is 0. The highest BCUT2D eigenvalue weighted by Crippen LogP contribution is 2.37. The second kappa shape index (κ2) is 8.33. The number of fused-ring (bicyclic) bond motifs is 3. The van der Waals surface area contributed by atoms with Crippen molar-refractivity contribution in [3.63, 3.8) is 0 Å². The van der Waals surface area contributed by atoms with E-state index in [0.717, 1.165) is 49.5 Å². The summed E-state index contributed by atoms with van der Waals surface area (Å²) in [7, 11) is 0. The van der Waals surface area contributed by atoms with Crippen LogP contribution in [0.15, 0.2) is 24.3 Å². The Bertz CT molecular complexity index is 801. The number of hydrogen-bond acceptors (Lipinski definition) is 3. The number of rotatable bonds is 3. The number of para-hydroxylation sites is 1. The lowest BCUT2D eigenvalue weighted by atomic mass is 9.92. The molecule has 1 aromatic carbocycles. The Morgan fingerprint density at radius 2 is 1.73 bits per heavy atom. The Balaban J connectivity index is 1.51. The van der Waals surface area contributed by atoms with Gasteiger partial charge in [-0.1, -0.05) is 24.6 Å². The summed E-state index contributed by atoms with van der Waals surface area (Å²) in [5.41, 5.74) is 2.09. The lowest BCUT2D eigenvalue weighted by Gasteiger charge is -2.44. The molecule has 2 saturated carbocycles. The van der Waals surface area contributed by atoms with Crippen LogP contribution in [0.5, 0.6) is 0 Å². The van der Waals surface area contributed by atoms with Crippen molar-refractivity contribution < 1.29 is 9.59 Å². The van der Waals surface area contributed by atoms with Gasteiger partial charge >= 0.3 is 0 Å². The fourth-order valence-electron chi connectivity index (χ4n) is 5.54. The average Bonchev–Trinajstić information content (AvgIpc) is 3.63. The molecule has 30 heavy (non-hydrogen) atoms. The molecular weight excluding hydrogens is 374 g/mol. The van der Waals surface area contributed by atoms with Gasteiger partial charge in [-0.15, -0.1) is 0 Å². The number of carbonyl (C=O) groups is 2. The van der Waals surface area contributed by atoms with Crippen molar-refractivity contribution in [2.45, 2.75) is 76.9 Å². The molecule has 5 nitrogen and oxygen atoms in total. The highest BCUT2D eigenvalue weighted by molar-refractivity contribution is 5.92. The van der Waals surface area contributed by atoms with Crippen LogP contribution in [0.25, 0.3) is 0 Å². The van der Waals surface area contributed by atoms with E-state index in [4.69, 9.17) is 0 Å². The normalized spacial score (nSPS) is 27.9. The van der Waals surface area contributed by atoms with E-state index in [1.807, 2.05) is 17.0 Å². The molecule has 2 atom stereocenters. The molecule has 2 aliphatic heterocycles. The zero-order valence-corrected chi connectivity index (χ0v) is 18.3. The fraction of sp³-hybridized carbons (Fsp3) is 0.680. The molecule has 1 saturated heterocycles. The summed E-state index contributed by atoms with van der Waals surface area (Å²) in [4.78, 5) is 32.7. The van der Waals surface area contributed by atoms with Gasteiger partial charge in [0, 0.05) is 56.8 Å². The minimum atomic E-state index is 0.0999. The SMILES string of the molecule is CC(=O)N1CCC2CCCC(CN(C(=O)C3CC3)Cc3ccccc31)N2CC1CC1. The van der Waals surface area contributed by atoms with E-state index in [2.05, 4.69) is 21.9 Å². The summed E-state index contributed by atoms with van der Waals surface area (Å²) in [5, 5.41) is 0. The third kappa shape index (κ3) is 4.27. The van der Waals surface area contributed by atoms with Crippen molar-refractivity contribution in [1.29, 1.82) is 0 Å². The summed E-state index contributed by atoms with van der Waals surface area (Å²) in [5.74, 6) is 1.49. The van der Waals surface area contributed by atoms with E-state index in [-0.39, 0.29) is 11.8 Å². The molecule has 5 rings (SSSR count). The quantitative estimate of drug-likeness (QED) is 0.762. The first-order chi connectivity index (χ1) is 14.6. The largest absolute Gasteiger partial charge is 0.336 e. The van der Waals surface area contributed by atoms with Crippen molar-refractivity contribution in [3.8, 4) is 0 Å². The maximum absolute atomic E-state index is 13.3. The molecule has 2 amide bonds. The standard InChI is InChI=1S/C25H35N3O2/c1-18(29)27-14-13-22-6-4-7-23(28(22)15-19-9-10-19)17-26(25(30)20-11-12-20)16-21-5-2-3-8-24(21)27/h2-3,5,8,19-20,22-23H,4,6-7,9-17H2,1H3. The molecule has 2 aliphatic carbocycles. The summed E-state index contributed by atoms with van der Waals surface area (Å²) in [6.45, 7) is 5.07. The predicted octanol–water partition coefficient (Wildman–Crippen LogP) is 3.81. The lowest BCUT2D eigenvalue weighted by Crippen LogP contribution is -2.53. The van der Waals surface area contributed by atoms with Gasteiger partial charge in [0.2, 0.25) is 11.8 Å². The number of carbonyl (C=O) groups excluding carboxylic acids is 2. The summed E-state index contributed by atoms with van der Waals surface area (Å²) in [6, 6.07) is 9.19. The summed E-state index contributed by atoms with van der Waals surface area (Å²) >= 11 is 0. The maximum Gasteiger partial charge on any atom is 0.226 e. The third-order valence-corrected chi connectivity index (χ3v) is 7.56. The number of hydrogen-bond donors (Lipinski definition) is 0. The monoisotopic (exact) mass is 409 g/mol. The number of amides is 2. The van der Waals surface area contributed by atoms with Crippen LogP contribution in [0.4, 0.5) is 5.69 Å². The Kier molecular flexibility index (Phi) is 5.57. The van der Waals surface area contributed by atoms with Gasteiger partial charge in [-0.2, -0.15) is 0 Å². The van der Waals surface area contributed by atoms with Gasteiger partial charge in [0.15, 0.2) is 0 Å². The number of nitrogens with zero attached hydrogens (tertiary/aromatic N) is 3. The minimum Gasteiger partial charge on any atom is -0.336 e. The Labute approximate surface area is 180 Å². The first-order valence-corrected chi connectivity index (χ1v) is 12.0. The van der Waals surface area contributed by atoms with Crippen molar-refractivity contribution in [1.82, 2.24) is 9.80 Å². The molecule has 4 aliphatic rings. The van der Waals surface area contributed by atoms with Gasteiger partial charge < -0.3 is 9.80 Å². The van der Waals surface area contributed by atoms with Gasteiger partial charge in [0.25, 0.3) is 0 Å². The molecular formula is C25H35N3O2. The molecule has 0 N–H and O–H groups in total. The average molecular weight is 410 g/mol. The van der Waals surface area contributed by atoms with E-state index in [1.165, 1.54) is 38.6 Å². The van der Waals surface area contributed by atoms with E-state index in [9.17, 15) is 9.59 Å². The van der Waals surface area contributed by atoms with Crippen LogP contribution in [-0.4, -0.2) is 53.3 Å². The predicted molar refractivity (Wildman–Crippen MR) is 118 cm³/mol. The molecule has 0 radical (unpaired) electrons. The van der Waals surface area contributed by atoms with Crippen LogP contribution in [0.3, 0.4) is 0 Å². The maximum atomic E-state index is 13.3. The highest BCUT2D eigenvalue weighted by Gasteiger charge is 2.39. The Morgan fingerprint density at radius 3 is 2.47 bits per heavy atom. The third-order valence-electron chi connectivity index (χ3n) is 7.56. The van der Waals surface area contributed by atoms with E-state index >= 15 is 0 Å². The van der Waals surface area contributed by atoms with Crippen molar-refractivity contribution >= 4 is 17.5 Å². The Hall–Kier alpha value is -1.88. The van der Waals surface area contributed by atoms with Crippen molar-refractivity contribution in [3.05, 3.63) is 29.8 Å². The first kappa shape index (κ1) is 20.0. The number of anilines is 1. The summed E-state index contributed by atoms with van der Waals surface area (Å²) in [6.07, 6.45) is 9.44. The van der Waals surface area contributed by atoms with Gasteiger partial charge in [0.05, 0.1) is 0 Å². The van der Waals surface area contributed by atoms with Crippen molar-refractivity contribution in [2.24, 2.45) is 11.8 Å². The van der Waals surface area contributed by atoms with Gasteiger partial charge in [0.1, 0.15) is 0 Å². The van der Waals surface area contributed by atoms with E-state index < -0.39 is 0 Å². The van der Waals surface area contributed by atoms with Gasteiger partial charge in [-0.25, -0.2) is 0 Å². The highest BCUT2D eigenvalue weighted by atomic mass is 16.2. The second-order valence-electron chi connectivity index (χ2n) is 9.96. The lowest BCUT2D eigenvalue weighted by molar-refractivity contribution is -0.134. The number of benzene rings is 1. The Morgan fingerprint density at radius 1 is 0.967 bits per heavy atom. The minimum absolute atomic E-state index is 0.0999. The van der Waals surface area contributed by atoms with Crippen molar-refractivity contribution in [2.75, 3.05) is 24.5 Å². The fourth-order valence-corrected chi connectivity index (χ4v) is 5.54. The molecule has 0 aromatic heterocycles. The van der Waals surface area contributed by atoms with Gasteiger partial charge in [-0.05, 0) is 62.5 Å². The molecule has 1 aromatic rings. The van der Waals surface area contributed by atoms with Crippen LogP contribution in [0.1, 0.15) is 63.9 Å². The molecule has 3 fully saturated rings.